The summed E-state index contributed by atoms with van der Waals surface area (Å²) in [6.07, 6.45) is 3.80. The normalized spacial score (nSPS) is 26.5. The van der Waals surface area contributed by atoms with Gasteiger partial charge in [-0.05, 0) is 44.4 Å². The Balaban J connectivity index is 2.12. The largest absolute Gasteiger partial charge is 0.435 e. The number of hydrogen-bond acceptors (Lipinski definition) is 5. The van der Waals surface area contributed by atoms with Crippen LogP contribution < -0.4 is 0 Å². The number of carbonyl (C=O) groups is 1. The summed E-state index contributed by atoms with van der Waals surface area (Å²) in [6.45, 7) is 2.64. The third kappa shape index (κ3) is 5.75. The van der Waals surface area contributed by atoms with Crippen molar-refractivity contribution < 1.29 is 19.4 Å². The molecular weight excluding hydrogens is 240 g/mol. The standard InChI is InChI=1S/C12H22O4S/c1-9(16-12(14)8-17)15-7-11-4-2-10(6-13)3-5-11/h9-11,13,17H,2-8H2,1H3. The molecule has 0 aromatic rings. The van der Waals surface area contributed by atoms with Crippen LogP contribution in [-0.4, -0.2) is 36.3 Å². The molecule has 0 spiro atoms. The number of aliphatic hydroxyl groups is 1. The predicted molar refractivity (Wildman–Crippen MR) is 67.9 cm³/mol. The zero-order chi connectivity index (χ0) is 12.7. The number of esters is 1. The molecule has 4 nitrogen and oxygen atoms in total. The van der Waals surface area contributed by atoms with E-state index in [1.807, 2.05) is 0 Å². The molecule has 1 rings (SSSR count). The molecule has 1 saturated carbocycles. The van der Waals surface area contributed by atoms with E-state index in [9.17, 15) is 4.79 Å². The van der Waals surface area contributed by atoms with Gasteiger partial charge < -0.3 is 14.6 Å². The first-order valence-electron chi connectivity index (χ1n) is 6.18. The quantitative estimate of drug-likeness (QED) is 0.434. The second kappa shape index (κ2) is 7.95. The van der Waals surface area contributed by atoms with Crippen LogP contribution in [-0.2, 0) is 14.3 Å². The topological polar surface area (TPSA) is 55.8 Å². The Morgan fingerprint density at radius 1 is 1.35 bits per heavy atom. The molecule has 0 radical (unpaired) electrons. The lowest BCUT2D eigenvalue weighted by Crippen LogP contribution is -2.25. The van der Waals surface area contributed by atoms with Crippen molar-refractivity contribution in [2.45, 2.75) is 38.9 Å². The highest BCUT2D eigenvalue weighted by molar-refractivity contribution is 7.81. The maximum atomic E-state index is 10.9. The van der Waals surface area contributed by atoms with Crippen molar-refractivity contribution in [1.82, 2.24) is 0 Å². The SMILES string of the molecule is CC(OCC1CCC(CO)CC1)OC(=O)CS. The number of ether oxygens (including phenoxy) is 2. The fraction of sp³-hybridized carbons (Fsp3) is 0.917. The van der Waals surface area contributed by atoms with E-state index in [1.165, 1.54) is 0 Å². The van der Waals surface area contributed by atoms with Crippen LogP contribution in [0.15, 0.2) is 0 Å². The Bertz CT molecular complexity index is 227. The molecule has 1 aliphatic rings. The maximum Gasteiger partial charge on any atom is 0.317 e. The van der Waals surface area contributed by atoms with Crippen molar-refractivity contribution >= 4 is 18.6 Å². The van der Waals surface area contributed by atoms with Crippen molar-refractivity contribution in [3.63, 3.8) is 0 Å². The van der Waals surface area contributed by atoms with Crippen LogP contribution >= 0.6 is 12.6 Å². The Morgan fingerprint density at radius 3 is 2.47 bits per heavy atom. The predicted octanol–water partition coefficient (Wildman–Crippen LogP) is 1.62. The minimum Gasteiger partial charge on any atom is -0.435 e. The summed E-state index contributed by atoms with van der Waals surface area (Å²) in [5, 5.41) is 9.03. The third-order valence-electron chi connectivity index (χ3n) is 3.22. The molecule has 5 heteroatoms. The van der Waals surface area contributed by atoms with E-state index in [1.54, 1.807) is 6.92 Å². The van der Waals surface area contributed by atoms with Gasteiger partial charge in [-0.25, -0.2) is 0 Å². The Kier molecular flexibility index (Phi) is 6.92. The highest BCUT2D eigenvalue weighted by Crippen LogP contribution is 2.28. The number of aliphatic hydroxyl groups excluding tert-OH is 1. The fourth-order valence-electron chi connectivity index (χ4n) is 2.11. The minimum atomic E-state index is -0.495. The van der Waals surface area contributed by atoms with Gasteiger partial charge in [0.15, 0.2) is 6.29 Å². The van der Waals surface area contributed by atoms with Crippen LogP contribution in [0, 0.1) is 11.8 Å². The van der Waals surface area contributed by atoms with E-state index in [0.717, 1.165) is 25.7 Å². The lowest BCUT2D eigenvalue weighted by Gasteiger charge is -2.27. The summed E-state index contributed by atoms with van der Waals surface area (Å²) in [5.41, 5.74) is 0. The second-order valence-electron chi connectivity index (χ2n) is 4.62. The van der Waals surface area contributed by atoms with E-state index in [2.05, 4.69) is 12.6 Å². The molecule has 1 aliphatic carbocycles. The Morgan fingerprint density at radius 2 is 1.94 bits per heavy atom. The van der Waals surface area contributed by atoms with E-state index >= 15 is 0 Å². The van der Waals surface area contributed by atoms with Crippen molar-refractivity contribution in [2.75, 3.05) is 19.0 Å². The van der Waals surface area contributed by atoms with Crippen molar-refractivity contribution in [2.24, 2.45) is 11.8 Å². The van der Waals surface area contributed by atoms with Gasteiger partial charge in [-0.15, -0.1) is 0 Å². The molecule has 0 aromatic carbocycles. The molecular formula is C12H22O4S. The van der Waals surface area contributed by atoms with Gasteiger partial charge in [0.05, 0.1) is 12.4 Å². The van der Waals surface area contributed by atoms with Gasteiger partial charge in [-0.1, -0.05) is 0 Å². The second-order valence-corrected chi connectivity index (χ2v) is 4.93. The number of rotatable bonds is 6. The summed E-state index contributed by atoms with van der Waals surface area (Å²) in [5.74, 6) is 0.709. The summed E-state index contributed by atoms with van der Waals surface area (Å²) in [7, 11) is 0. The first-order valence-corrected chi connectivity index (χ1v) is 6.81. The Hall–Kier alpha value is -0.260. The van der Waals surface area contributed by atoms with E-state index in [0.29, 0.717) is 25.0 Å². The molecule has 0 amide bonds. The number of thiol groups is 1. The highest BCUT2D eigenvalue weighted by atomic mass is 32.1. The average Bonchev–Trinajstić information content (AvgIpc) is 2.36. The van der Waals surface area contributed by atoms with Crippen molar-refractivity contribution in [1.29, 1.82) is 0 Å². The van der Waals surface area contributed by atoms with Gasteiger partial charge in [0.1, 0.15) is 0 Å². The van der Waals surface area contributed by atoms with Gasteiger partial charge in [-0.2, -0.15) is 12.6 Å². The molecule has 0 aliphatic heterocycles. The van der Waals surface area contributed by atoms with Gasteiger partial charge in [-0.3, -0.25) is 4.79 Å². The molecule has 0 aromatic heterocycles. The zero-order valence-electron chi connectivity index (χ0n) is 10.3. The smallest absolute Gasteiger partial charge is 0.317 e. The number of hydrogen-bond donors (Lipinski definition) is 2. The van der Waals surface area contributed by atoms with E-state index in [-0.39, 0.29) is 11.7 Å². The Labute approximate surface area is 108 Å². The average molecular weight is 262 g/mol. The van der Waals surface area contributed by atoms with Gasteiger partial charge in [0, 0.05) is 6.61 Å². The van der Waals surface area contributed by atoms with Crippen LogP contribution in [0.1, 0.15) is 32.6 Å². The van der Waals surface area contributed by atoms with Crippen molar-refractivity contribution in [3.8, 4) is 0 Å². The summed E-state index contributed by atoms with van der Waals surface area (Å²) in [4.78, 5) is 10.9. The molecule has 17 heavy (non-hydrogen) atoms. The monoisotopic (exact) mass is 262 g/mol. The van der Waals surface area contributed by atoms with Gasteiger partial charge in [0.2, 0.25) is 0 Å². The maximum absolute atomic E-state index is 10.9. The van der Waals surface area contributed by atoms with Crippen LogP contribution in [0.25, 0.3) is 0 Å². The molecule has 1 fully saturated rings. The summed E-state index contributed by atoms with van der Waals surface area (Å²) in [6, 6.07) is 0. The minimum absolute atomic E-state index is 0.0787. The summed E-state index contributed by atoms with van der Waals surface area (Å²) >= 11 is 3.83. The molecule has 0 saturated heterocycles. The van der Waals surface area contributed by atoms with Crippen LogP contribution in [0.5, 0.6) is 0 Å². The van der Waals surface area contributed by atoms with Crippen LogP contribution in [0.2, 0.25) is 0 Å². The zero-order valence-corrected chi connectivity index (χ0v) is 11.2. The summed E-state index contributed by atoms with van der Waals surface area (Å²) < 4.78 is 10.4. The van der Waals surface area contributed by atoms with Gasteiger partial charge >= 0.3 is 5.97 Å². The third-order valence-corrected chi connectivity index (χ3v) is 3.48. The molecule has 0 bridgehead atoms. The fourth-order valence-corrected chi connectivity index (χ4v) is 2.18. The number of carbonyl (C=O) groups excluding carboxylic acids is 1. The lowest BCUT2D eigenvalue weighted by atomic mass is 9.83. The molecule has 1 atom stereocenters. The van der Waals surface area contributed by atoms with Gasteiger partial charge in [0.25, 0.3) is 0 Å². The molecule has 100 valence electrons. The highest BCUT2D eigenvalue weighted by Gasteiger charge is 2.21. The van der Waals surface area contributed by atoms with Crippen LogP contribution in [0.3, 0.4) is 0 Å². The lowest BCUT2D eigenvalue weighted by molar-refractivity contribution is -0.174. The first-order chi connectivity index (χ1) is 8.15. The molecule has 0 heterocycles. The van der Waals surface area contributed by atoms with Crippen LogP contribution in [0.4, 0.5) is 0 Å². The van der Waals surface area contributed by atoms with Crippen molar-refractivity contribution in [3.05, 3.63) is 0 Å². The van der Waals surface area contributed by atoms with E-state index in [4.69, 9.17) is 14.6 Å². The molecule has 1 N–H and O–H groups in total. The van der Waals surface area contributed by atoms with E-state index < -0.39 is 6.29 Å². The first kappa shape index (κ1) is 14.8. The molecule has 1 unspecified atom stereocenters.